The van der Waals surface area contributed by atoms with Gasteiger partial charge < -0.3 is 10.1 Å². The highest BCUT2D eigenvalue weighted by molar-refractivity contribution is 5.94. The molecule has 22 heavy (non-hydrogen) atoms. The van der Waals surface area contributed by atoms with Gasteiger partial charge in [-0.05, 0) is 43.3 Å². The molecule has 0 spiro atoms. The Morgan fingerprint density at radius 1 is 1.23 bits per heavy atom. The van der Waals surface area contributed by atoms with Crippen LogP contribution < -0.4 is 10.1 Å². The van der Waals surface area contributed by atoms with Crippen LogP contribution in [0.2, 0.25) is 0 Å². The summed E-state index contributed by atoms with van der Waals surface area (Å²) in [7, 11) is 0. The molecule has 1 N–H and O–H groups in total. The number of nitrogens with one attached hydrogen (secondary N) is 1. The Labute approximate surface area is 125 Å². The molecule has 0 heterocycles. The van der Waals surface area contributed by atoms with E-state index in [0.717, 1.165) is 12.1 Å². The van der Waals surface area contributed by atoms with Crippen LogP contribution in [0.3, 0.4) is 0 Å². The molecule has 0 aliphatic heterocycles. The summed E-state index contributed by atoms with van der Waals surface area (Å²) in [6.07, 6.45) is -0.891. The summed E-state index contributed by atoms with van der Waals surface area (Å²) in [6, 6.07) is 11.1. The fourth-order valence-electron chi connectivity index (χ4n) is 1.69. The van der Waals surface area contributed by atoms with Gasteiger partial charge in [0.2, 0.25) is 0 Å². The van der Waals surface area contributed by atoms with Crippen molar-refractivity contribution in [3.8, 4) is 11.8 Å². The summed E-state index contributed by atoms with van der Waals surface area (Å²) in [6.45, 7) is 1.50. The predicted molar refractivity (Wildman–Crippen MR) is 76.2 cm³/mol. The third-order valence-corrected chi connectivity index (χ3v) is 2.85. The van der Waals surface area contributed by atoms with Crippen LogP contribution in [0, 0.1) is 23.0 Å². The Bertz CT molecular complexity index is 724. The van der Waals surface area contributed by atoms with Gasteiger partial charge in [0.25, 0.3) is 5.91 Å². The van der Waals surface area contributed by atoms with E-state index in [1.54, 1.807) is 24.3 Å². The molecule has 1 amide bonds. The van der Waals surface area contributed by atoms with Gasteiger partial charge >= 0.3 is 0 Å². The van der Waals surface area contributed by atoms with Crippen molar-refractivity contribution in [2.75, 3.05) is 5.32 Å². The number of hydrogen-bond donors (Lipinski definition) is 1. The number of halogens is 2. The van der Waals surface area contributed by atoms with Crippen molar-refractivity contribution in [2.45, 2.75) is 13.0 Å². The zero-order chi connectivity index (χ0) is 16.1. The van der Waals surface area contributed by atoms with Gasteiger partial charge in [-0.2, -0.15) is 5.26 Å². The van der Waals surface area contributed by atoms with Gasteiger partial charge in [-0.15, -0.1) is 0 Å². The number of benzene rings is 2. The van der Waals surface area contributed by atoms with E-state index in [9.17, 15) is 13.6 Å². The van der Waals surface area contributed by atoms with Crippen LogP contribution in [0.5, 0.6) is 5.75 Å². The highest BCUT2D eigenvalue weighted by Crippen LogP contribution is 2.17. The van der Waals surface area contributed by atoms with Crippen molar-refractivity contribution in [1.29, 1.82) is 5.26 Å². The maximum Gasteiger partial charge on any atom is 0.265 e. The lowest BCUT2D eigenvalue weighted by Gasteiger charge is -2.15. The lowest BCUT2D eigenvalue weighted by molar-refractivity contribution is -0.122. The normalized spacial score (nSPS) is 11.4. The molecule has 1 atom stereocenters. The van der Waals surface area contributed by atoms with Gasteiger partial charge in [0.05, 0.1) is 17.3 Å². The predicted octanol–water partition coefficient (Wildman–Crippen LogP) is 3.24. The third-order valence-electron chi connectivity index (χ3n) is 2.85. The minimum atomic E-state index is -0.891. The smallest absolute Gasteiger partial charge is 0.265 e. The highest BCUT2D eigenvalue weighted by Gasteiger charge is 2.16. The van der Waals surface area contributed by atoms with Crippen LogP contribution in [-0.2, 0) is 4.79 Å². The van der Waals surface area contributed by atoms with Crippen molar-refractivity contribution in [3.05, 3.63) is 59.7 Å². The molecule has 2 rings (SSSR count). The molecule has 2 aromatic carbocycles. The molecule has 0 fully saturated rings. The van der Waals surface area contributed by atoms with Crippen LogP contribution in [-0.4, -0.2) is 12.0 Å². The topological polar surface area (TPSA) is 62.1 Å². The molecule has 0 aliphatic rings. The minimum Gasteiger partial charge on any atom is -0.481 e. The number of carbonyl (C=O) groups is 1. The van der Waals surface area contributed by atoms with Gasteiger partial charge in [0, 0.05) is 6.07 Å². The Kier molecular flexibility index (Phi) is 4.69. The van der Waals surface area contributed by atoms with E-state index in [-0.39, 0.29) is 5.69 Å². The monoisotopic (exact) mass is 302 g/mol. The van der Waals surface area contributed by atoms with Crippen LogP contribution in [0.4, 0.5) is 14.5 Å². The summed E-state index contributed by atoms with van der Waals surface area (Å²) in [4.78, 5) is 11.9. The average Bonchev–Trinajstić information content (AvgIpc) is 2.50. The number of nitrogens with zero attached hydrogens (tertiary/aromatic N) is 1. The maximum absolute atomic E-state index is 13.5. The number of hydrogen-bond acceptors (Lipinski definition) is 3. The number of amides is 1. The summed E-state index contributed by atoms with van der Waals surface area (Å²) in [5, 5.41) is 11.0. The quantitative estimate of drug-likeness (QED) is 0.943. The molecule has 0 bridgehead atoms. The van der Waals surface area contributed by atoms with E-state index in [0.29, 0.717) is 17.4 Å². The summed E-state index contributed by atoms with van der Waals surface area (Å²) in [5.41, 5.74) is 0.347. The standard InChI is InChI=1S/C16H12F2N2O2/c1-10(22-13-5-2-11(9-19)3-6-13)16(21)20-15-7-4-12(17)8-14(15)18/h2-8,10H,1H3,(H,20,21). The second kappa shape index (κ2) is 6.68. The lowest BCUT2D eigenvalue weighted by Crippen LogP contribution is -2.30. The van der Waals surface area contributed by atoms with E-state index >= 15 is 0 Å². The first kappa shape index (κ1) is 15.4. The molecule has 0 saturated heterocycles. The number of anilines is 1. The number of ether oxygens (including phenoxy) is 1. The third kappa shape index (κ3) is 3.79. The molecule has 1 unspecified atom stereocenters. The van der Waals surface area contributed by atoms with Crippen molar-refractivity contribution in [2.24, 2.45) is 0 Å². The van der Waals surface area contributed by atoms with Crippen molar-refractivity contribution in [3.63, 3.8) is 0 Å². The molecule has 0 aliphatic carbocycles. The van der Waals surface area contributed by atoms with E-state index in [4.69, 9.17) is 10.00 Å². The number of rotatable bonds is 4. The molecule has 4 nitrogen and oxygen atoms in total. The first-order valence-corrected chi connectivity index (χ1v) is 6.42. The van der Waals surface area contributed by atoms with Gasteiger partial charge in [0.1, 0.15) is 17.4 Å². The Balaban J connectivity index is 2.01. The summed E-state index contributed by atoms with van der Waals surface area (Å²) in [5.74, 6) is -1.76. The van der Waals surface area contributed by atoms with E-state index in [2.05, 4.69) is 5.32 Å². The molecule has 0 radical (unpaired) electrons. The second-order valence-electron chi connectivity index (χ2n) is 4.51. The van der Waals surface area contributed by atoms with Gasteiger partial charge in [-0.1, -0.05) is 0 Å². The zero-order valence-corrected chi connectivity index (χ0v) is 11.6. The first-order chi connectivity index (χ1) is 10.5. The molecule has 0 aromatic heterocycles. The van der Waals surface area contributed by atoms with Crippen LogP contribution in [0.15, 0.2) is 42.5 Å². The number of carbonyl (C=O) groups excluding carboxylic acids is 1. The van der Waals surface area contributed by atoms with Gasteiger partial charge in [0.15, 0.2) is 6.10 Å². The van der Waals surface area contributed by atoms with Crippen molar-refractivity contribution in [1.82, 2.24) is 0 Å². The fraction of sp³-hybridized carbons (Fsp3) is 0.125. The van der Waals surface area contributed by atoms with Crippen LogP contribution >= 0.6 is 0 Å². The van der Waals surface area contributed by atoms with Crippen LogP contribution in [0.1, 0.15) is 12.5 Å². The molecule has 112 valence electrons. The molecular formula is C16H12F2N2O2. The summed E-state index contributed by atoms with van der Waals surface area (Å²) >= 11 is 0. The second-order valence-corrected chi connectivity index (χ2v) is 4.51. The number of nitriles is 1. The van der Waals surface area contributed by atoms with Crippen molar-refractivity contribution >= 4 is 11.6 Å². The van der Waals surface area contributed by atoms with Gasteiger partial charge in [-0.3, -0.25) is 4.79 Å². The van der Waals surface area contributed by atoms with Gasteiger partial charge in [-0.25, -0.2) is 8.78 Å². The van der Waals surface area contributed by atoms with E-state index in [1.807, 2.05) is 6.07 Å². The maximum atomic E-state index is 13.5. The van der Waals surface area contributed by atoms with E-state index in [1.165, 1.54) is 6.92 Å². The summed E-state index contributed by atoms with van der Waals surface area (Å²) < 4.78 is 31.6. The minimum absolute atomic E-state index is 0.123. The molecule has 6 heteroatoms. The Morgan fingerprint density at radius 2 is 1.91 bits per heavy atom. The zero-order valence-electron chi connectivity index (χ0n) is 11.6. The van der Waals surface area contributed by atoms with Crippen molar-refractivity contribution < 1.29 is 18.3 Å². The van der Waals surface area contributed by atoms with E-state index < -0.39 is 23.6 Å². The average molecular weight is 302 g/mol. The molecule has 2 aromatic rings. The lowest BCUT2D eigenvalue weighted by atomic mass is 10.2. The first-order valence-electron chi connectivity index (χ1n) is 6.42. The highest BCUT2D eigenvalue weighted by atomic mass is 19.1. The Hall–Kier alpha value is -2.94. The Morgan fingerprint density at radius 3 is 2.50 bits per heavy atom. The fourth-order valence-corrected chi connectivity index (χ4v) is 1.69. The SMILES string of the molecule is CC(Oc1ccc(C#N)cc1)C(=O)Nc1ccc(F)cc1F. The molecule has 0 saturated carbocycles. The van der Waals surface area contributed by atoms with Crippen LogP contribution in [0.25, 0.3) is 0 Å². The largest absolute Gasteiger partial charge is 0.481 e. The molecular weight excluding hydrogens is 290 g/mol.